The minimum absolute atomic E-state index is 0.153. The summed E-state index contributed by atoms with van der Waals surface area (Å²) in [6.45, 7) is 0. The van der Waals surface area contributed by atoms with Crippen LogP contribution in [-0.4, -0.2) is 19.7 Å². The minimum Gasteiger partial charge on any atom is -0.504 e. The fourth-order valence-electron chi connectivity index (χ4n) is 0.842. The van der Waals surface area contributed by atoms with Crippen molar-refractivity contribution in [2.45, 2.75) is 0 Å². The predicted octanol–water partition coefficient (Wildman–Crippen LogP) is 0.435. The van der Waals surface area contributed by atoms with Crippen molar-refractivity contribution in [3.8, 4) is 5.75 Å². The van der Waals surface area contributed by atoms with Crippen LogP contribution >= 0.6 is 0 Å². The molecule has 0 unspecified atom stereocenters. The van der Waals surface area contributed by atoms with Gasteiger partial charge in [0.25, 0.3) is 0 Å². The van der Waals surface area contributed by atoms with Gasteiger partial charge in [0.15, 0.2) is 5.75 Å². The zero-order valence-corrected chi connectivity index (χ0v) is 5.10. The molecule has 0 bridgehead atoms. The molecule has 2 aromatic heterocycles. The molecule has 0 aliphatic heterocycles. The van der Waals surface area contributed by atoms with E-state index in [1.54, 1.807) is 12.3 Å². The highest BCUT2D eigenvalue weighted by Gasteiger charge is 1.96. The highest BCUT2D eigenvalue weighted by atomic mass is 16.3. The van der Waals surface area contributed by atoms with E-state index in [1.165, 1.54) is 17.0 Å². The lowest BCUT2D eigenvalue weighted by Crippen LogP contribution is -1.86. The summed E-state index contributed by atoms with van der Waals surface area (Å²) >= 11 is 0. The monoisotopic (exact) mass is 135 g/mol. The van der Waals surface area contributed by atoms with Crippen molar-refractivity contribution in [3.63, 3.8) is 0 Å². The highest BCUT2D eigenvalue weighted by Crippen LogP contribution is 2.13. The van der Waals surface area contributed by atoms with Gasteiger partial charge >= 0.3 is 0 Å². The van der Waals surface area contributed by atoms with Gasteiger partial charge in [-0.3, -0.25) is 0 Å². The van der Waals surface area contributed by atoms with Gasteiger partial charge in [-0.05, 0) is 6.07 Å². The Hall–Kier alpha value is -1.58. The average molecular weight is 135 g/mol. The Kier molecular flexibility index (Phi) is 0.887. The fraction of sp³-hybridized carbons (Fsp3) is 0. The molecule has 10 heavy (non-hydrogen) atoms. The second-order valence-electron chi connectivity index (χ2n) is 1.94. The molecule has 0 fully saturated rings. The number of fused-ring (bicyclic) bond motifs is 1. The summed E-state index contributed by atoms with van der Waals surface area (Å²) in [5, 5.41) is 13.0. The highest BCUT2D eigenvalue weighted by molar-refractivity contribution is 5.56. The molecule has 0 saturated carbocycles. The first kappa shape index (κ1) is 5.22. The molecular weight excluding hydrogens is 130 g/mol. The van der Waals surface area contributed by atoms with Crippen LogP contribution in [-0.2, 0) is 0 Å². The molecule has 0 saturated heterocycles. The molecule has 1 N–H and O–H groups in total. The summed E-state index contributed by atoms with van der Waals surface area (Å²) < 4.78 is 1.51. The fourth-order valence-corrected chi connectivity index (χ4v) is 0.842. The molecule has 2 rings (SSSR count). The third-order valence-corrected chi connectivity index (χ3v) is 1.31. The number of aromatic nitrogens is 3. The summed E-state index contributed by atoms with van der Waals surface area (Å²) in [4.78, 5) is 3.74. The Morgan fingerprint density at radius 2 is 2.40 bits per heavy atom. The molecule has 0 spiro atoms. The lowest BCUT2D eigenvalue weighted by atomic mass is 10.4. The molecule has 0 aliphatic carbocycles. The molecular formula is C6H5N3O. The van der Waals surface area contributed by atoms with Crippen molar-refractivity contribution in [1.82, 2.24) is 14.6 Å². The standard InChI is InChI=1S/C6H5N3O/c10-6-3-7-4-9-5(6)1-2-8-9/h1-4,10H. The van der Waals surface area contributed by atoms with E-state index >= 15 is 0 Å². The van der Waals surface area contributed by atoms with E-state index in [9.17, 15) is 0 Å². The number of rotatable bonds is 0. The van der Waals surface area contributed by atoms with Gasteiger partial charge in [-0.25, -0.2) is 9.50 Å². The molecule has 0 atom stereocenters. The maximum atomic E-state index is 9.14. The van der Waals surface area contributed by atoms with Crippen LogP contribution in [0.3, 0.4) is 0 Å². The first-order chi connectivity index (χ1) is 4.88. The SMILES string of the molecule is Oc1cncn2nccc12. The van der Waals surface area contributed by atoms with Gasteiger partial charge in [-0.1, -0.05) is 0 Å². The van der Waals surface area contributed by atoms with Crippen LogP contribution in [0.15, 0.2) is 24.8 Å². The number of hydrogen-bond acceptors (Lipinski definition) is 3. The quantitative estimate of drug-likeness (QED) is 0.570. The van der Waals surface area contributed by atoms with Gasteiger partial charge in [0, 0.05) is 0 Å². The first-order valence-electron chi connectivity index (χ1n) is 2.84. The zero-order chi connectivity index (χ0) is 6.97. The molecule has 2 aromatic rings. The van der Waals surface area contributed by atoms with Crippen molar-refractivity contribution in [1.29, 1.82) is 0 Å². The summed E-state index contributed by atoms with van der Waals surface area (Å²) in [5.74, 6) is 0.153. The number of hydrogen-bond donors (Lipinski definition) is 1. The van der Waals surface area contributed by atoms with Crippen molar-refractivity contribution < 1.29 is 5.11 Å². The van der Waals surface area contributed by atoms with Crippen LogP contribution in [0.5, 0.6) is 5.75 Å². The molecule has 0 aliphatic rings. The summed E-state index contributed by atoms with van der Waals surface area (Å²) in [7, 11) is 0. The molecule has 0 radical (unpaired) electrons. The molecule has 2 heterocycles. The minimum atomic E-state index is 0.153. The first-order valence-corrected chi connectivity index (χ1v) is 2.84. The molecule has 4 nitrogen and oxygen atoms in total. The van der Waals surface area contributed by atoms with Crippen LogP contribution in [0.1, 0.15) is 0 Å². The van der Waals surface area contributed by atoms with Gasteiger partial charge in [-0.2, -0.15) is 5.10 Å². The average Bonchev–Trinajstić information content (AvgIpc) is 2.36. The zero-order valence-electron chi connectivity index (χ0n) is 5.10. The third-order valence-electron chi connectivity index (χ3n) is 1.31. The van der Waals surface area contributed by atoms with Crippen molar-refractivity contribution >= 4 is 5.52 Å². The maximum Gasteiger partial charge on any atom is 0.159 e. The van der Waals surface area contributed by atoms with E-state index in [0.717, 1.165) is 0 Å². The van der Waals surface area contributed by atoms with Gasteiger partial charge in [0.1, 0.15) is 11.8 Å². The van der Waals surface area contributed by atoms with Crippen LogP contribution < -0.4 is 0 Å². The smallest absolute Gasteiger partial charge is 0.159 e. The normalized spacial score (nSPS) is 10.4. The van der Waals surface area contributed by atoms with E-state index in [-0.39, 0.29) is 5.75 Å². The predicted molar refractivity (Wildman–Crippen MR) is 34.7 cm³/mol. The number of nitrogens with zero attached hydrogens (tertiary/aromatic N) is 3. The molecule has 4 heteroatoms. The Bertz CT molecular complexity index is 355. The summed E-state index contributed by atoms with van der Waals surface area (Å²) in [6, 6.07) is 1.72. The van der Waals surface area contributed by atoms with Crippen LogP contribution in [0.25, 0.3) is 5.52 Å². The Morgan fingerprint density at radius 3 is 3.20 bits per heavy atom. The number of aromatic hydroxyl groups is 1. The Morgan fingerprint density at radius 1 is 1.50 bits per heavy atom. The second kappa shape index (κ2) is 1.70. The van der Waals surface area contributed by atoms with Crippen molar-refractivity contribution in [2.24, 2.45) is 0 Å². The van der Waals surface area contributed by atoms with E-state index in [4.69, 9.17) is 5.11 Å². The van der Waals surface area contributed by atoms with E-state index < -0.39 is 0 Å². The molecule has 0 aromatic carbocycles. The van der Waals surface area contributed by atoms with E-state index in [2.05, 4.69) is 10.1 Å². The molecule has 0 amide bonds. The lowest BCUT2D eigenvalue weighted by Gasteiger charge is -1.92. The lowest BCUT2D eigenvalue weighted by molar-refractivity contribution is 0.475. The van der Waals surface area contributed by atoms with Crippen LogP contribution in [0.2, 0.25) is 0 Å². The van der Waals surface area contributed by atoms with Crippen molar-refractivity contribution in [2.75, 3.05) is 0 Å². The Labute approximate surface area is 56.8 Å². The third kappa shape index (κ3) is 0.556. The van der Waals surface area contributed by atoms with Crippen LogP contribution in [0.4, 0.5) is 0 Å². The van der Waals surface area contributed by atoms with Gasteiger partial charge < -0.3 is 5.11 Å². The van der Waals surface area contributed by atoms with E-state index in [0.29, 0.717) is 5.52 Å². The topological polar surface area (TPSA) is 50.4 Å². The molecule has 50 valence electrons. The summed E-state index contributed by atoms with van der Waals surface area (Å²) in [5.41, 5.74) is 0.676. The van der Waals surface area contributed by atoms with E-state index in [1.807, 2.05) is 0 Å². The summed E-state index contributed by atoms with van der Waals surface area (Å²) in [6.07, 6.45) is 4.53. The maximum absolute atomic E-state index is 9.14. The van der Waals surface area contributed by atoms with Gasteiger partial charge in [-0.15, -0.1) is 0 Å². The largest absolute Gasteiger partial charge is 0.504 e. The van der Waals surface area contributed by atoms with Crippen molar-refractivity contribution in [3.05, 3.63) is 24.8 Å². The van der Waals surface area contributed by atoms with Crippen LogP contribution in [0, 0.1) is 0 Å². The Balaban J connectivity index is 2.95. The second-order valence-corrected chi connectivity index (χ2v) is 1.94. The van der Waals surface area contributed by atoms with Gasteiger partial charge in [0.2, 0.25) is 0 Å². The van der Waals surface area contributed by atoms with Gasteiger partial charge in [0.05, 0.1) is 12.4 Å².